The number of ether oxygens (including phenoxy) is 2. The normalized spacial score (nSPS) is 15.9. The highest BCUT2D eigenvalue weighted by Crippen LogP contribution is 2.41. The van der Waals surface area contributed by atoms with E-state index in [1.54, 1.807) is 6.20 Å². The van der Waals surface area contributed by atoms with Crippen molar-refractivity contribution in [3.8, 4) is 11.5 Å². The van der Waals surface area contributed by atoms with Gasteiger partial charge in [0.1, 0.15) is 0 Å². The van der Waals surface area contributed by atoms with E-state index in [9.17, 15) is 0 Å². The molecule has 18 heavy (non-hydrogen) atoms. The van der Waals surface area contributed by atoms with E-state index in [4.69, 9.17) is 9.47 Å². The van der Waals surface area contributed by atoms with E-state index < -0.39 is 0 Å². The molecule has 0 aromatic carbocycles. The zero-order chi connectivity index (χ0) is 13.3. The lowest BCUT2D eigenvalue weighted by Gasteiger charge is -2.24. The number of rotatable bonds is 4. The number of pyridine rings is 1. The smallest absolute Gasteiger partial charge is 0.180 e. The Morgan fingerprint density at radius 2 is 1.89 bits per heavy atom. The van der Waals surface area contributed by atoms with E-state index in [2.05, 4.69) is 25.8 Å². The van der Waals surface area contributed by atoms with E-state index in [0.29, 0.717) is 6.10 Å². The van der Waals surface area contributed by atoms with Gasteiger partial charge < -0.3 is 9.47 Å². The van der Waals surface area contributed by atoms with E-state index in [1.807, 2.05) is 20.0 Å². The lowest BCUT2D eigenvalue weighted by Crippen LogP contribution is -2.16. The number of hydrogen-bond donors (Lipinski definition) is 0. The molecule has 3 nitrogen and oxygen atoms in total. The summed E-state index contributed by atoms with van der Waals surface area (Å²) in [6.45, 7) is 10.5. The molecule has 100 valence electrons. The first-order valence-corrected chi connectivity index (χ1v) is 6.69. The number of aromatic nitrogens is 1. The molecule has 0 unspecified atom stereocenters. The largest absolute Gasteiger partial charge is 0.486 e. The Morgan fingerprint density at radius 1 is 1.22 bits per heavy atom. The van der Waals surface area contributed by atoms with Crippen molar-refractivity contribution in [3.63, 3.8) is 0 Å². The Morgan fingerprint density at radius 3 is 2.39 bits per heavy atom. The number of nitrogens with zero attached hydrogens (tertiary/aromatic N) is 1. The summed E-state index contributed by atoms with van der Waals surface area (Å²) < 4.78 is 11.9. The van der Waals surface area contributed by atoms with Gasteiger partial charge >= 0.3 is 0 Å². The molecular formula is C15H23NO2. The van der Waals surface area contributed by atoms with Crippen LogP contribution in [0.4, 0.5) is 0 Å². The van der Waals surface area contributed by atoms with Crippen LogP contribution in [0.1, 0.15) is 53.0 Å². The van der Waals surface area contributed by atoms with Crippen LogP contribution in [0, 0.1) is 0 Å². The molecule has 1 heterocycles. The summed E-state index contributed by atoms with van der Waals surface area (Å²) in [5.41, 5.74) is 1.13. The topological polar surface area (TPSA) is 31.4 Å². The minimum Gasteiger partial charge on any atom is -0.486 e. The van der Waals surface area contributed by atoms with Gasteiger partial charge in [-0.25, -0.2) is 0 Å². The Labute approximate surface area is 110 Å². The van der Waals surface area contributed by atoms with Gasteiger partial charge in [0.2, 0.25) is 0 Å². The second-order valence-electron chi connectivity index (χ2n) is 6.25. The molecule has 1 fully saturated rings. The Bertz CT molecular complexity index is 417. The summed E-state index contributed by atoms with van der Waals surface area (Å²) in [5.74, 6) is 1.65. The Hall–Kier alpha value is -1.25. The summed E-state index contributed by atoms with van der Waals surface area (Å²) in [4.78, 5) is 4.29. The molecule has 1 aliphatic carbocycles. The van der Waals surface area contributed by atoms with Crippen LogP contribution < -0.4 is 9.47 Å². The average Bonchev–Trinajstić information content (AvgIpc) is 3.02. The van der Waals surface area contributed by atoms with Gasteiger partial charge in [0.05, 0.1) is 18.4 Å². The molecule has 1 aromatic heterocycles. The molecule has 0 bridgehead atoms. The van der Waals surface area contributed by atoms with Gasteiger partial charge in [-0.3, -0.25) is 4.98 Å². The summed E-state index contributed by atoms with van der Waals surface area (Å²) in [5, 5.41) is 0. The molecule has 2 rings (SSSR count). The predicted molar refractivity (Wildman–Crippen MR) is 72.4 cm³/mol. The van der Waals surface area contributed by atoms with Crippen molar-refractivity contribution in [3.05, 3.63) is 18.0 Å². The fourth-order valence-electron chi connectivity index (χ4n) is 1.78. The van der Waals surface area contributed by atoms with Crippen LogP contribution in [0.3, 0.4) is 0 Å². The SMILES string of the molecule is CC(C)Oc1cncc(C(C)(C)C)c1OC1CC1. The molecule has 1 saturated carbocycles. The van der Waals surface area contributed by atoms with E-state index in [0.717, 1.165) is 29.9 Å². The fourth-order valence-corrected chi connectivity index (χ4v) is 1.78. The summed E-state index contributed by atoms with van der Waals surface area (Å²) >= 11 is 0. The highest BCUT2D eigenvalue weighted by atomic mass is 16.5. The summed E-state index contributed by atoms with van der Waals surface area (Å²) in [7, 11) is 0. The molecule has 0 amide bonds. The van der Waals surface area contributed by atoms with Gasteiger partial charge in [-0.05, 0) is 32.1 Å². The molecule has 0 spiro atoms. The first-order chi connectivity index (χ1) is 8.38. The van der Waals surface area contributed by atoms with Crippen LogP contribution in [0.15, 0.2) is 12.4 Å². The van der Waals surface area contributed by atoms with Crippen molar-refractivity contribution < 1.29 is 9.47 Å². The van der Waals surface area contributed by atoms with Gasteiger partial charge in [0.25, 0.3) is 0 Å². The molecule has 0 atom stereocenters. The van der Waals surface area contributed by atoms with Gasteiger partial charge in [-0.1, -0.05) is 20.8 Å². The molecule has 0 saturated heterocycles. The zero-order valence-corrected chi connectivity index (χ0v) is 12.0. The van der Waals surface area contributed by atoms with E-state index in [-0.39, 0.29) is 11.5 Å². The third-order valence-electron chi connectivity index (χ3n) is 2.84. The maximum absolute atomic E-state index is 6.05. The van der Waals surface area contributed by atoms with Gasteiger partial charge in [-0.15, -0.1) is 0 Å². The quantitative estimate of drug-likeness (QED) is 0.815. The zero-order valence-electron chi connectivity index (χ0n) is 12.0. The molecule has 1 aromatic rings. The standard InChI is InChI=1S/C15H23NO2/c1-10(2)17-13-9-16-8-12(15(3,4)5)14(13)18-11-6-7-11/h8-11H,6-7H2,1-5H3. The lowest BCUT2D eigenvalue weighted by molar-refractivity contribution is 0.213. The van der Waals surface area contributed by atoms with E-state index in [1.165, 1.54) is 0 Å². The first-order valence-electron chi connectivity index (χ1n) is 6.69. The van der Waals surface area contributed by atoms with Crippen molar-refractivity contribution in [1.82, 2.24) is 4.98 Å². The highest BCUT2D eigenvalue weighted by molar-refractivity contribution is 5.47. The second kappa shape index (κ2) is 4.79. The van der Waals surface area contributed by atoms with Crippen molar-refractivity contribution in [1.29, 1.82) is 0 Å². The Kier molecular flexibility index (Phi) is 3.51. The molecule has 0 N–H and O–H groups in total. The third-order valence-corrected chi connectivity index (χ3v) is 2.84. The van der Waals surface area contributed by atoms with Crippen molar-refractivity contribution in [2.24, 2.45) is 0 Å². The van der Waals surface area contributed by atoms with Gasteiger partial charge in [-0.2, -0.15) is 0 Å². The van der Waals surface area contributed by atoms with Crippen LogP contribution in [-0.4, -0.2) is 17.2 Å². The third kappa shape index (κ3) is 3.15. The van der Waals surface area contributed by atoms with Crippen LogP contribution in [-0.2, 0) is 5.41 Å². The van der Waals surface area contributed by atoms with Crippen LogP contribution in [0.2, 0.25) is 0 Å². The van der Waals surface area contributed by atoms with Crippen LogP contribution in [0.25, 0.3) is 0 Å². The monoisotopic (exact) mass is 249 g/mol. The summed E-state index contributed by atoms with van der Waals surface area (Å²) in [6, 6.07) is 0. The van der Waals surface area contributed by atoms with Crippen LogP contribution >= 0.6 is 0 Å². The fraction of sp³-hybridized carbons (Fsp3) is 0.667. The predicted octanol–water partition coefficient (Wildman–Crippen LogP) is 3.71. The van der Waals surface area contributed by atoms with Crippen molar-refractivity contribution in [2.75, 3.05) is 0 Å². The van der Waals surface area contributed by atoms with Gasteiger partial charge in [0.15, 0.2) is 11.5 Å². The molecule has 1 aliphatic rings. The molecular weight excluding hydrogens is 226 g/mol. The minimum absolute atomic E-state index is 0.00751. The lowest BCUT2D eigenvalue weighted by atomic mass is 9.87. The second-order valence-corrected chi connectivity index (χ2v) is 6.25. The highest BCUT2D eigenvalue weighted by Gasteiger charge is 2.30. The van der Waals surface area contributed by atoms with Crippen molar-refractivity contribution >= 4 is 0 Å². The number of hydrogen-bond acceptors (Lipinski definition) is 3. The first kappa shape index (κ1) is 13.2. The molecule has 0 radical (unpaired) electrons. The molecule has 0 aliphatic heterocycles. The van der Waals surface area contributed by atoms with E-state index >= 15 is 0 Å². The molecule has 3 heteroatoms. The maximum atomic E-state index is 6.05. The van der Waals surface area contributed by atoms with Gasteiger partial charge in [0, 0.05) is 11.8 Å². The minimum atomic E-state index is 0.00751. The van der Waals surface area contributed by atoms with Crippen LogP contribution in [0.5, 0.6) is 11.5 Å². The maximum Gasteiger partial charge on any atom is 0.180 e. The Balaban J connectivity index is 2.38. The van der Waals surface area contributed by atoms with Crippen molar-refractivity contribution in [2.45, 2.75) is 65.1 Å². The summed E-state index contributed by atoms with van der Waals surface area (Å²) in [6.07, 6.45) is 6.43. The average molecular weight is 249 g/mol.